The van der Waals surface area contributed by atoms with Crippen molar-refractivity contribution >= 4 is 44.8 Å². The van der Waals surface area contributed by atoms with Crippen molar-refractivity contribution in [3.8, 4) is 11.1 Å². The van der Waals surface area contributed by atoms with Gasteiger partial charge in [-0.05, 0) is 30.5 Å². The van der Waals surface area contributed by atoms with Crippen molar-refractivity contribution in [3.05, 3.63) is 69.5 Å². The Morgan fingerprint density at radius 3 is 2.64 bits per heavy atom. The number of aldehydes is 1. The van der Waals surface area contributed by atoms with E-state index in [1.807, 2.05) is 0 Å². The first-order valence-corrected chi connectivity index (χ1v) is 12.3. The van der Waals surface area contributed by atoms with Crippen molar-refractivity contribution in [2.45, 2.75) is 24.0 Å². The minimum Gasteiger partial charge on any atom is -0.423 e. The zero-order valence-corrected chi connectivity index (χ0v) is 19.0. The molecule has 10 heteroatoms. The summed E-state index contributed by atoms with van der Waals surface area (Å²) in [6.07, 6.45) is 1.33. The Kier molecular flexibility index (Phi) is 6.38. The van der Waals surface area contributed by atoms with Gasteiger partial charge in [0.1, 0.15) is 17.8 Å². The number of fused-ring (bicyclic) bond motifs is 1. The van der Waals surface area contributed by atoms with Crippen LogP contribution in [0.3, 0.4) is 0 Å². The van der Waals surface area contributed by atoms with Gasteiger partial charge in [0.25, 0.3) is 0 Å². The van der Waals surface area contributed by atoms with E-state index in [9.17, 15) is 22.8 Å². The molecule has 1 saturated heterocycles. The second-order valence-electron chi connectivity index (χ2n) is 7.97. The van der Waals surface area contributed by atoms with Gasteiger partial charge < -0.3 is 14.1 Å². The Hall–Kier alpha value is -3.01. The molecule has 8 nitrogen and oxygen atoms in total. The molecule has 1 amide bonds. The van der Waals surface area contributed by atoms with Gasteiger partial charge in [-0.1, -0.05) is 41.9 Å². The van der Waals surface area contributed by atoms with Crippen molar-refractivity contribution in [3.63, 3.8) is 0 Å². The third-order valence-electron chi connectivity index (χ3n) is 5.85. The average molecular weight is 489 g/mol. The number of carbonyl (C=O) groups is 2. The van der Waals surface area contributed by atoms with Crippen LogP contribution in [0.25, 0.3) is 22.1 Å². The number of rotatable bonds is 5. The second kappa shape index (κ2) is 9.09. The molecule has 2 N–H and O–H groups in total. The largest absolute Gasteiger partial charge is 0.423 e. The summed E-state index contributed by atoms with van der Waals surface area (Å²) < 4.78 is 28.8. The first-order valence-electron chi connectivity index (χ1n) is 10.3. The Balaban J connectivity index is 1.72. The van der Waals surface area contributed by atoms with Gasteiger partial charge in [-0.2, -0.15) is 0 Å². The maximum Gasteiger partial charge on any atom is 0.336 e. The summed E-state index contributed by atoms with van der Waals surface area (Å²) >= 11 is 6.31. The van der Waals surface area contributed by atoms with Gasteiger partial charge in [-0.3, -0.25) is 4.79 Å². The second-order valence-corrected chi connectivity index (χ2v) is 10.2. The van der Waals surface area contributed by atoms with Gasteiger partial charge in [0.2, 0.25) is 15.9 Å². The SMILES string of the molecule is NS(=O)(=O)C1CCCN(C(=O)C(C=O)c2ccc3c(-c4ccccc4Cl)cc(=O)oc3c2)C1. The number of carbonyl (C=O) groups excluding carboxylic acids is 2. The number of amides is 1. The normalized spacial score (nSPS) is 17.6. The zero-order chi connectivity index (χ0) is 23.8. The lowest BCUT2D eigenvalue weighted by Gasteiger charge is -2.33. The quantitative estimate of drug-likeness (QED) is 0.334. The monoisotopic (exact) mass is 488 g/mol. The minimum absolute atomic E-state index is 0.0681. The predicted molar refractivity (Wildman–Crippen MR) is 124 cm³/mol. The van der Waals surface area contributed by atoms with E-state index >= 15 is 0 Å². The number of nitrogens with two attached hydrogens (primary N) is 1. The molecule has 1 aliphatic rings. The van der Waals surface area contributed by atoms with Crippen molar-refractivity contribution in [2.75, 3.05) is 13.1 Å². The fourth-order valence-electron chi connectivity index (χ4n) is 4.16. The van der Waals surface area contributed by atoms with Gasteiger partial charge in [-0.15, -0.1) is 0 Å². The van der Waals surface area contributed by atoms with E-state index in [2.05, 4.69) is 0 Å². The van der Waals surface area contributed by atoms with E-state index in [0.29, 0.717) is 52.8 Å². The average Bonchev–Trinajstić information content (AvgIpc) is 2.78. The van der Waals surface area contributed by atoms with Crippen LogP contribution in [0.2, 0.25) is 5.02 Å². The number of hydrogen-bond acceptors (Lipinski definition) is 6. The summed E-state index contributed by atoms with van der Waals surface area (Å²) in [6, 6.07) is 13.2. The maximum atomic E-state index is 13.1. The Labute approximate surface area is 195 Å². The van der Waals surface area contributed by atoms with Crippen molar-refractivity contribution in [2.24, 2.45) is 5.14 Å². The summed E-state index contributed by atoms with van der Waals surface area (Å²) in [5.41, 5.74) is 1.15. The van der Waals surface area contributed by atoms with Crippen LogP contribution in [0.5, 0.6) is 0 Å². The number of hydrogen-bond donors (Lipinski definition) is 1. The molecule has 0 saturated carbocycles. The molecule has 172 valence electrons. The predicted octanol–water partition coefficient (Wildman–Crippen LogP) is 2.68. The van der Waals surface area contributed by atoms with Crippen molar-refractivity contribution in [1.82, 2.24) is 4.90 Å². The minimum atomic E-state index is -3.80. The fraction of sp³-hybridized carbons (Fsp3) is 0.261. The highest BCUT2D eigenvalue weighted by Gasteiger charge is 2.34. The number of nitrogens with zero attached hydrogens (tertiary/aromatic N) is 1. The summed E-state index contributed by atoms with van der Waals surface area (Å²) in [7, 11) is -3.80. The van der Waals surface area contributed by atoms with Crippen LogP contribution in [0.15, 0.2) is 57.7 Å². The highest BCUT2D eigenvalue weighted by atomic mass is 35.5. The lowest BCUT2D eigenvalue weighted by molar-refractivity contribution is -0.135. The van der Waals surface area contributed by atoms with Crippen LogP contribution in [-0.4, -0.2) is 43.9 Å². The molecule has 33 heavy (non-hydrogen) atoms. The molecule has 2 heterocycles. The van der Waals surface area contributed by atoms with Gasteiger partial charge in [0.15, 0.2) is 0 Å². The lowest BCUT2D eigenvalue weighted by Crippen LogP contribution is -2.48. The summed E-state index contributed by atoms with van der Waals surface area (Å²) in [5, 5.41) is 5.44. The van der Waals surface area contributed by atoms with Crippen LogP contribution in [-0.2, 0) is 19.6 Å². The smallest absolute Gasteiger partial charge is 0.336 e. The summed E-state index contributed by atoms with van der Waals surface area (Å²) in [5.74, 6) is -1.70. The van der Waals surface area contributed by atoms with E-state index in [-0.39, 0.29) is 12.1 Å². The van der Waals surface area contributed by atoms with Crippen LogP contribution in [0, 0.1) is 0 Å². The van der Waals surface area contributed by atoms with E-state index in [1.165, 1.54) is 17.0 Å². The molecule has 1 aliphatic heterocycles. The van der Waals surface area contributed by atoms with Crippen molar-refractivity contribution in [1.29, 1.82) is 0 Å². The van der Waals surface area contributed by atoms with E-state index in [1.54, 1.807) is 36.4 Å². The molecule has 0 spiro atoms. The Morgan fingerprint density at radius 1 is 1.18 bits per heavy atom. The molecule has 2 atom stereocenters. The number of primary sulfonamides is 1. The Morgan fingerprint density at radius 2 is 1.94 bits per heavy atom. The Bertz CT molecular complexity index is 1400. The van der Waals surface area contributed by atoms with Crippen LogP contribution >= 0.6 is 11.6 Å². The number of halogens is 1. The van der Waals surface area contributed by atoms with Gasteiger partial charge >= 0.3 is 5.63 Å². The maximum absolute atomic E-state index is 13.1. The summed E-state index contributed by atoms with van der Waals surface area (Å²) in [4.78, 5) is 38.6. The summed E-state index contributed by atoms with van der Waals surface area (Å²) in [6.45, 7) is 0.260. The van der Waals surface area contributed by atoms with Gasteiger partial charge in [0.05, 0.1) is 5.25 Å². The number of sulfonamides is 1. The molecule has 3 aromatic rings. The molecule has 2 aromatic carbocycles. The van der Waals surface area contributed by atoms with E-state index in [4.69, 9.17) is 21.2 Å². The molecular formula is C23H21ClN2O6S. The highest BCUT2D eigenvalue weighted by Crippen LogP contribution is 2.34. The number of benzene rings is 2. The van der Waals surface area contributed by atoms with Crippen LogP contribution in [0.4, 0.5) is 0 Å². The van der Waals surface area contributed by atoms with Gasteiger partial charge in [0, 0.05) is 40.7 Å². The molecule has 2 unspecified atom stereocenters. The molecule has 1 fully saturated rings. The highest BCUT2D eigenvalue weighted by molar-refractivity contribution is 7.89. The molecule has 4 rings (SSSR count). The third-order valence-corrected chi connectivity index (χ3v) is 7.49. The standard InChI is InChI=1S/C23H21ClN2O6S/c24-20-6-2-1-5-16(20)18-11-22(28)32-21-10-14(7-8-17(18)21)19(13-27)23(29)26-9-3-4-15(12-26)33(25,30)31/h1-2,5-8,10-11,13,15,19H,3-4,9,12H2,(H2,25,30,31). The number of piperidine rings is 1. The van der Waals surface area contributed by atoms with E-state index < -0.39 is 32.7 Å². The van der Waals surface area contributed by atoms with Gasteiger partial charge in [-0.25, -0.2) is 18.4 Å². The first-order chi connectivity index (χ1) is 15.7. The molecular weight excluding hydrogens is 468 g/mol. The fourth-order valence-corrected chi connectivity index (χ4v) is 5.28. The lowest BCUT2D eigenvalue weighted by atomic mass is 9.95. The molecule has 0 aliphatic carbocycles. The zero-order valence-electron chi connectivity index (χ0n) is 17.4. The molecule has 0 bridgehead atoms. The van der Waals surface area contributed by atoms with Crippen molar-refractivity contribution < 1.29 is 22.4 Å². The van der Waals surface area contributed by atoms with E-state index in [0.717, 1.165) is 0 Å². The molecule has 1 aromatic heterocycles. The van der Waals surface area contributed by atoms with Crippen LogP contribution < -0.4 is 10.8 Å². The van der Waals surface area contributed by atoms with Crippen LogP contribution in [0.1, 0.15) is 24.3 Å². The number of likely N-dealkylation sites (tertiary alicyclic amines) is 1. The molecule has 0 radical (unpaired) electrons. The topological polar surface area (TPSA) is 128 Å². The first kappa shape index (κ1) is 23.2. The third kappa shape index (κ3) is 4.71.